The highest BCUT2D eigenvalue weighted by Gasteiger charge is 2.36. The summed E-state index contributed by atoms with van der Waals surface area (Å²) < 4.78 is 0. The van der Waals surface area contributed by atoms with E-state index >= 15 is 0 Å². The van der Waals surface area contributed by atoms with Crippen molar-refractivity contribution >= 4 is 5.82 Å². The van der Waals surface area contributed by atoms with Crippen LogP contribution in [-0.2, 0) is 0 Å². The molecule has 2 unspecified atom stereocenters. The number of hydrogen-bond donors (Lipinski definition) is 1. The van der Waals surface area contributed by atoms with Crippen LogP contribution in [0.2, 0.25) is 0 Å². The molecule has 0 radical (unpaired) electrons. The van der Waals surface area contributed by atoms with Crippen molar-refractivity contribution in [2.45, 2.75) is 69.0 Å². The molecule has 1 saturated carbocycles. The van der Waals surface area contributed by atoms with Crippen LogP contribution in [-0.4, -0.2) is 59.9 Å². The van der Waals surface area contributed by atoms with Crippen LogP contribution in [0.15, 0.2) is 12.1 Å². The summed E-state index contributed by atoms with van der Waals surface area (Å²) in [6.07, 6.45) is 9.52. The Hall–Kier alpha value is -1.20. The summed E-state index contributed by atoms with van der Waals surface area (Å²) in [5.74, 6) is 2.53. The van der Waals surface area contributed by atoms with E-state index < -0.39 is 0 Å². The fourth-order valence-electron chi connectivity index (χ4n) is 5.10. The first-order valence-corrected chi connectivity index (χ1v) is 10.3. The van der Waals surface area contributed by atoms with Gasteiger partial charge in [0.25, 0.3) is 0 Å². The molecule has 3 saturated heterocycles. The van der Waals surface area contributed by atoms with Crippen molar-refractivity contribution in [3.8, 4) is 0 Å². The predicted octanol–water partition coefficient (Wildman–Crippen LogP) is 2.40. The van der Waals surface area contributed by atoms with E-state index in [1.54, 1.807) is 0 Å². The lowest BCUT2D eigenvalue weighted by Gasteiger charge is -2.48. The van der Waals surface area contributed by atoms with Crippen LogP contribution in [0.25, 0.3) is 0 Å². The summed E-state index contributed by atoms with van der Waals surface area (Å²) in [6, 6.07) is 6.73. The van der Waals surface area contributed by atoms with Crippen molar-refractivity contribution in [3.63, 3.8) is 0 Å². The van der Waals surface area contributed by atoms with Gasteiger partial charge in [-0.2, -0.15) is 5.10 Å². The number of aromatic nitrogens is 2. The molecule has 4 heterocycles. The average Bonchev–Trinajstić information content (AvgIpc) is 3.39. The van der Waals surface area contributed by atoms with Gasteiger partial charge < -0.3 is 15.1 Å². The minimum Gasteiger partial charge on any atom is -0.354 e. The molecule has 5 nitrogen and oxygen atoms in total. The molecule has 1 aliphatic carbocycles. The van der Waals surface area contributed by atoms with Gasteiger partial charge in [-0.05, 0) is 57.7 Å². The molecule has 5 rings (SSSR count). The van der Waals surface area contributed by atoms with E-state index in [0.29, 0.717) is 5.92 Å². The van der Waals surface area contributed by atoms with Gasteiger partial charge in [-0.3, -0.25) is 0 Å². The van der Waals surface area contributed by atoms with E-state index in [-0.39, 0.29) is 0 Å². The number of anilines is 1. The fourth-order valence-corrected chi connectivity index (χ4v) is 5.10. The van der Waals surface area contributed by atoms with E-state index in [1.165, 1.54) is 50.6 Å². The monoisotopic (exact) mass is 341 g/mol. The van der Waals surface area contributed by atoms with Crippen molar-refractivity contribution in [1.82, 2.24) is 20.4 Å². The van der Waals surface area contributed by atoms with Crippen LogP contribution < -0.4 is 10.2 Å². The van der Waals surface area contributed by atoms with E-state index in [1.807, 2.05) is 0 Å². The van der Waals surface area contributed by atoms with Crippen molar-refractivity contribution in [1.29, 1.82) is 0 Å². The van der Waals surface area contributed by atoms with Gasteiger partial charge in [-0.1, -0.05) is 6.42 Å². The summed E-state index contributed by atoms with van der Waals surface area (Å²) in [6.45, 7) is 3.42. The first-order valence-electron chi connectivity index (χ1n) is 10.3. The van der Waals surface area contributed by atoms with E-state index in [4.69, 9.17) is 0 Å². The van der Waals surface area contributed by atoms with Gasteiger partial charge >= 0.3 is 0 Å². The molecule has 3 aliphatic heterocycles. The quantitative estimate of drug-likeness (QED) is 0.891. The summed E-state index contributed by atoms with van der Waals surface area (Å²) in [7, 11) is 2.34. The maximum Gasteiger partial charge on any atom is 0.151 e. The van der Waals surface area contributed by atoms with Crippen molar-refractivity contribution in [2.24, 2.45) is 5.92 Å². The molecule has 1 N–H and O–H groups in total. The zero-order valence-corrected chi connectivity index (χ0v) is 15.4. The first kappa shape index (κ1) is 16.0. The Morgan fingerprint density at radius 2 is 1.80 bits per heavy atom. The number of hydrogen-bond acceptors (Lipinski definition) is 5. The molecular weight excluding hydrogens is 310 g/mol. The second-order valence-electron chi connectivity index (χ2n) is 8.84. The number of rotatable bonds is 5. The molecule has 1 aromatic heterocycles. The average molecular weight is 342 g/mol. The van der Waals surface area contributed by atoms with Crippen LogP contribution in [0.5, 0.6) is 0 Å². The molecule has 4 fully saturated rings. The Labute approximate surface area is 151 Å². The molecule has 0 spiro atoms. The Balaban J connectivity index is 1.07. The van der Waals surface area contributed by atoms with Crippen LogP contribution >= 0.6 is 0 Å². The highest BCUT2D eigenvalue weighted by atomic mass is 15.3. The Bertz CT molecular complexity index is 579. The Kier molecular flexibility index (Phi) is 4.17. The van der Waals surface area contributed by atoms with Gasteiger partial charge in [-0.25, -0.2) is 0 Å². The van der Waals surface area contributed by atoms with Gasteiger partial charge in [0.05, 0.1) is 5.69 Å². The number of nitrogens with zero attached hydrogens (tertiary/aromatic N) is 4. The lowest BCUT2D eigenvalue weighted by Crippen LogP contribution is -2.57. The molecule has 0 amide bonds. The van der Waals surface area contributed by atoms with Crippen LogP contribution in [0.1, 0.15) is 56.6 Å². The zero-order valence-electron chi connectivity index (χ0n) is 15.4. The third-order valence-corrected chi connectivity index (χ3v) is 6.98. The molecule has 2 bridgehead atoms. The molecule has 0 aromatic carbocycles. The molecule has 4 aliphatic rings. The molecule has 1 aromatic rings. The van der Waals surface area contributed by atoms with Crippen LogP contribution in [0.3, 0.4) is 0 Å². The smallest absolute Gasteiger partial charge is 0.151 e. The maximum atomic E-state index is 4.44. The lowest BCUT2D eigenvalue weighted by molar-refractivity contribution is 0.0474. The van der Waals surface area contributed by atoms with Gasteiger partial charge in [0, 0.05) is 49.6 Å². The van der Waals surface area contributed by atoms with Gasteiger partial charge in [0.2, 0.25) is 0 Å². The predicted molar refractivity (Wildman–Crippen MR) is 99.9 cm³/mol. The Morgan fingerprint density at radius 3 is 2.44 bits per heavy atom. The molecule has 5 heteroatoms. The van der Waals surface area contributed by atoms with Crippen LogP contribution in [0, 0.1) is 5.92 Å². The fraction of sp³-hybridized carbons (Fsp3) is 0.800. The first-order chi connectivity index (χ1) is 12.3. The molecule has 136 valence electrons. The standard InChI is InChI=1S/C20H31N5/c1-24-17-3-2-4-18(24)10-16(9-17)21-11-14-12-25(13-14)20-8-7-19(22-23-20)15-5-6-15/h7-8,14-18,21H,2-6,9-13H2,1H3. The van der Waals surface area contributed by atoms with Gasteiger partial charge in [-0.15, -0.1) is 5.10 Å². The van der Waals surface area contributed by atoms with Crippen molar-refractivity contribution in [3.05, 3.63) is 17.8 Å². The van der Waals surface area contributed by atoms with E-state index in [0.717, 1.165) is 49.5 Å². The topological polar surface area (TPSA) is 44.3 Å². The van der Waals surface area contributed by atoms with Crippen molar-refractivity contribution < 1.29 is 0 Å². The third kappa shape index (κ3) is 3.28. The van der Waals surface area contributed by atoms with E-state index in [9.17, 15) is 0 Å². The highest BCUT2D eigenvalue weighted by Crippen LogP contribution is 2.39. The normalized spacial score (nSPS) is 33.3. The maximum absolute atomic E-state index is 4.44. The summed E-state index contributed by atoms with van der Waals surface area (Å²) in [5, 5.41) is 12.7. The van der Waals surface area contributed by atoms with Crippen molar-refractivity contribution in [2.75, 3.05) is 31.6 Å². The summed E-state index contributed by atoms with van der Waals surface area (Å²) in [5.41, 5.74) is 1.19. The molecule has 25 heavy (non-hydrogen) atoms. The van der Waals surface area contributed by atoms with Gasteiger partial charge in [0.15, 0.2) is 5.82 Å². The number of fused-ring (bicyclic) bond motifs is 2. The SMILES string of the molecule is CN1C2CCCC1CC(NCC1CN(c3ccc(C4CC4)nn3)C1)C2. The second kappa shape index (κ2) is 6.51. The largest absolute Gasteiger partial charge is 0.354 e. The second-order valence-corrected chi connectivity index (χ2v) is 8.84. The minimum atomic E-state index is 0.698. The number of nitrogens with one attached hydrogen (secondary N) is 1. The molecular formula is C20H31N5. The summed E-state index contributed by atoms with van der Waals surface area (Å²) in [4.78, 5) is 5.02. The highest BCUT2D eigenvalue weighted by molar-refractivity contribution is 5.41. The van der Waals surface area contributed by atoms with Gasteiger partial charge in [0.1, 0.15) is 0 Å². The minimum absolute atomic E-state index is 0.698. The zero-order chi connectivity index (χ0) is 16.8. The summed E-state index contributed by atoms with van der Waals surface area (Å²) >= 11 is 0. The van der Waals surface area contributed by atoms with Crippen LogP contribution in [0.4, 0.5) is 5.82 Å². The number of piperidine rings is 2. The lowest BCUT2D eigenvalue weighted by atomic mass is 9.82. The van der Waals surface area contributed by atoms with E-state index in [2.05, 4.69) is 44.5 Å². The Morgan fingerprint density at radius 1 is 1.04 bits per heavy atom. The third-order valence-electron chi connectivity index (χ3n) is 6.98. The molecule has 2 atom stereocenters.